The largest absolute Gasteiger partial charge is 0.417 e. The number of rotatable bonds is 2. The zero-order chi connectivity index (χ0) is 12.4. The van der Waals surface area contributed by atoms with Gasteiger partial charge in [0.1, 0.15) is 5.75 Å². The van der Waals surface area contributed by atoms with Gasteiger partial charge in [0.2, 0.25) is 9.84 Å². The zero-order valence-corrected chi connectivity index (χ0v) is 8.51. The van der Waals surface area contributed by atoms with Crippen molar-refractivity contribution in [1.82, 2.24) is 4.98 Å². The molecule has 0 fully saturated rings. The minimum absolute atomic E-state index is 0.421. The second-order valence-corrected chi connectivity index (χ2v) is 4.74. The van der Waals surface area contributed by atoms with Crippen LogP contribution < -0.4 is 0 Å². The Bertz CT molecular complexity index is 514. The van der Waals surface area contributed by atoms with Crippen molar-refractivity contribution in [3.8, 4) is 6.07 Å². The van der Waals surface area contributed by atoms with Crippen LogP contribution in [0.2, 0.25) is 0 Å². The van der Waals surface area contributed by atoms with E-state index in [1.807, 2.05) is 0 Å². The van der Waals surface area contributed by atoms with E-state index < -0.39 is 32.4 Å². The van der Waals surface area contributed by atoms with E-state index in [-0.39, 0.29) is 0 Å². The van der Waals surface area contributed by atoms with Gasteiger partial charge in [-0.05, 0) is 12.1 Å². The quantitative estimate of drug-likeness (QED) is 0.795. The molecule has 16 heavy (non-hydrogen) atoms. The van der Waals surface area contributed by atoms with E-state index in [0.717, 1.165) is 6.07 Å². The minimum Gasteiger partial charge on any atom is -0.244 e. The van der Waals surface area contributed by atoms with Gasteiger partial charge in [0.05, 0.1) is 11.6 Å². The summed E-state index contributed by atoms with van der Waals surface area (Å²) < 4.78 is 58.8. The smallest absolute Gasteiger partial charge is 0.244 e. The number of nitrogens with zero attached hydrogens (tertiary/aromatic N) is 2. The molecule has 1 rings (SSSR count). The van der Waals surface area contributed by atoms with Crippen LogP contribution >= 0.6 is 0 Å². The summed E-state index contributed by atoms with van der Waals surface area (Å²) in [7, 11) is -3.91. The predicted octanol–water partition coefficient (Wildman–Crippen LogP) is 1.40. The highest BCUT2D eigenvalue weighted by atomic mass is 32.2. The Labute approximate surface area is 89.3 Å². The Morgan fingerprint density at radius 1 is 1.38 bits per heavy atom. The molecule has 0 saturated heterocycles. The highest BCUT2D eigenvalue weighted by Gasteiger charge is 2.31. The van der Waals surface area contributed by atoms with Crippen LogP contribution in [0.3, 0.4) is 0 Å². The molecule has 0 aliphatic carbocycles. The molecule has 0 aliphatic heterocycles. The molecule has 8 heteroatoms. The molecule has 4 nitrogen and oxygen atoms in total. The Hall–Kier alpha value is -1.62. The van der Waals surface area contributed by atoms with Gasteiger partial charge in [-0.15, -0.1) is 0 Å². The molecular formula is C8H5F3N2O2S. The standard InChI is InChI=1S/C8H5F3N2O2S/c9-8(10,11)6-1-2-7(13-5-6)16(14,15)4-3-12/h1-2,5H,4H2. The van der Waals surface area contributed by atoms with Gasteiger partial charge in [0.15, 0.2) is 5.03 Å². The number of aromatic nitrogens is 1. The van der Waals surface area contributed by atoms with Crippen molar-refractivity contribution in [3.05, 3.63) is 23.9 Å². The van der Waals surface area contributed by atoms with Crippen molar-refractivity contribution in [2.24, 2.45) is 0 Å². The fourth-order valence-corrected chi connectivity index (χ4v) is 1.70. The van der Waals surface area contributed by atoms with Gasteiger partial charge < -0.3 is 0 Å². The molecule has 0 amide bonds. The summed E-state index contributed by atoms with van der Waals surface area (Å²) in [5.41, 5.74) is -1.04. The zero-order valence-electron chi connectivity index (χ0n) is 7.69. The fraction of sp³-hybridized carbons (Fsp3) is 0.250. The summed E-state index contributed by atoms with van der Waals surface area (Å²) in [6.45, 7) is 0. The summed E-state index contributed by atoms with van der Waals surface area (Å²) in [6.07, 6.45) is -4.14. The maximum absolute atomic E-state index is 12.1. The average Bonchev–Trinajstić information content (AvgIpc) is 2.16. The molecule has 1 aromatic rings. The van der Waals surface area contributed by atoms with Crippen LogP contribution in [0.4, 0.5) is 13.2 Å². The van der Waals surface area contributed by atoms with Crippen LogP contribution in [0.1, 0.15) is 5.56 Å². The fourth-order valence-electron chi connectivity index (χ4n) is 0.891. The Morgan fingerprint density at radius 2 is 2.00 bits per heavy atom. The summed E-state index contributed by atoms with van der Waals surface area (Å²) in [4.78, 5) is 3.18. The van der Waals surface area contributed by atoms with Gasteiger partial charge >= 0.3 is 6.18 Å². The van der Waals surface area contributed by atoms with Gasteiger partial charge in [-0.25, -0.2) is 13.4 Å². The summed E-state index contributed by atoms with van der Waals surface area (Å²) in [5.74, 6) is -0.814. The molecule has 0 bridgehead atoms. The van der Waals surface area contributed by atoms with Crippen molar-refractivity contribution in [3.63, 3.8) is 0 Å². The van der Waals surface area contributed by atoms with Crippen LogP contribution in [-0.2, 0) is 16.0 Å². The second kappa shape index (κ2) is 4.09. The lowest BCUT2D eigenvalue weighted by Crippen LogP contribution is -2.10. The molecule has 0 spiro atoms. The van der Waals surface area contributed by atoms with E-state index in [0.29, 0.717) is 12.3 Å². The van der Waals surface area contributed by atoms with Crippen molar-refractivity contribution < 1.29 is 21.6 Å². The van der Waals surface area contributed by atoms with Crippen molar-refractivity contribution in [1.29, 1.82) is 5.26 Å². The Morgan fingerprint density at radius 3 is 2.38 bits per heavy atom. The van der Waals surface area contributed by atoms with Gasteiger partial charge in [0, 0.05) is 6.20 Å². The molecule has 1 aromatic heterocycles. The third-order valence-corrected chi connectivity index (χ3v) is 3.02. The molecule has 0 aromatic carbocycles. The minimum atomic E-state index is -4.56. The molecule has 1 heterocycles. The summed E-state index contributed by atoms with van der Waals surface area (Å²) in [6, 6.07) is 2.74. The highest BCUT2D eigenvalue weighted by Crippen LogP contribution is 2.28. The number of halogens is 3. The number of hydrogen-bond donors (Lipinski definition) is 0. The average molecular weight is 250 g/mol. The van der Waals surface area contributed by atoms with Gasteiger partial charge in [-0.1, -0.05) is 0 Å². The molecule has 0 radical (unpaired) electrons. The first kappa shape index (κ1) is 12.4. The first-order chi connectivity index (χ1) is 7.27. The number of alkyl halides is 3. The van der Waals surface area contributed by atoms with Gasteiger partial charge in [-0.3, -0.25) is 0 Å². The molecule has 0 atom stereocenters. The van der Waals surface area contributed by atoms with Crippen molar-refractivity contribution in [2.75, 3.05) is 5.75 Å². The lowest BCUT2D eigenvalue weighted by atomic mass is 10.3. The topological polar surface area (TPSA) is 70.8 Å². The van der Waals surface area contributed by atoms with E-state index in [1.165, 1.54) is 6.07 Å². The maximum Gasteiger partial charge on any atom is 0.417 e. The van der Waals surface area contributed by atoms with Crippen LogP contribution in [0.5, 0.6) is 0 Å². The summed E-state index contributed by atoms with van der Waals surface area (Å²) in [5, 5.41) is 7.67. The molecule has 0 N–H and O–H groups in total. The molecule has 0 saturated carbocycles. The van der Waals surface area contributed by atoms with Crippen LogP contribution in [0, 0.1) is 11.3 Å². The van der Waals surface area contributed by atoms with E-state index in [2.05, 4.69) is 4.98 Å². The number of hydrogen-bond acceptors (Lipinski definition) is 4. The van der Waals surface area contributed by atoms with Crippen LogP contribution in [-0.4, -0.2) is 19.2 Å². The molecule has 0 aliphatic rings. The number of sulfone groups is 1. The third kappa shape index (κ3) is 2.70. The van der Waals surface area contributed by atoms with Crippen molar-refractivity contribution in [2.45, 2.75) is 11.2 Å². The normalized spacial score (nSPS) is 12.1. The first-order valence-corrected chi connectivity index (χ1v) is 5.55. The highest BCUT2D eigenvalue weighted by molar-refractivity contribution is 7.91. The third-order valence-electron chi connectivity index (χ3n) is 1.64. The van der Waals surface area contributed by atoms with Crippen LogP contribution in [0.25, 0.3) is 0 Å². The van der Waals surface area contributed by atoms with E-state index >= 15 is 0 Å². The van der Waals surface area contributed by atoms with Gasteiger partial charge in [-0.2, -0.15) is 18.4 Å². The lowest BCUT2D eigenvalue weighted by Gasteiger charge is -2.06. The molecule has 86 valence electrons. The first-order valence-electron chi connectivity index (χ1n) is 3.90. The molecular weight excluding hydrogens is 245 g/mol. The monoisotopic (exact) mass is 250 g/mol. The number of pyridine rings is 1. The lowest BCUT2D eigenvalue weighted by molar-refractivity contribution is -0.137. The molecule has 0 unspecified atom stereocenters. The summed E-state index contributed by atoms with van der Waals surface area (Å²) >= 11 is 0. The van der Waals surface area contributed by atoms with E-state index in [9.17, 15) is 21.6 Å². The van der Waals surface area contributed by atoms with Crippen molar-refractivity contribution >= 4 is 9.84 Å². The van der Waals surface area contributed by atoms with E-state index in [4.69, 9.17) is 5.26 Å². The maximum atomic E-state index is 12.1. The van der Waals surface area contributed by atoms with Gasteiger partial charge in [0.25, 0.3) is 0 Å². The predicted molar refractivity (Wildman–Crippen MR) is 46.9 cm³/mol. The van der Waals surface area contributed by atoms with E-state index in [1.54, 1.807) is 0 Å². The second-order valence-electron chi connectivity index (χ2n) is 2.80. The Balaban J connectivity index is 3.11. The SMILES string of the molecule is N#CCS(=O)(=O)c1ccc(C(F)(F)F)cn1. The Kier molecular flexibility index (Phi) is 3.19. The van der Waals surface area contributed by atoms with Crippen LogP contribution in [0.15, 0.2) is 23.4 Å². The number of nitriles is 1.